The third kappa shape index (κ3) is 2.50. The Kier molecular flexibility index (Phi) is 4.53. The van der Waals surface area contributed by atoms with Gasteiger partial charge in [0.05, 0.1) is 24.4 Å². The standard InChI is InChI=1S/C32H41NO5/c1-17(2)12-14-35-28(3,4)26-24(34)27-31(38-27)22(36-26)11-13-29(5)30(6)18(16-23-32(29,31)37-23)15-20-19-9-7-8-10-21(19)33-25(20)30/h7-10,12,18,22-24,26-27,33-34H,11,13-16H2,1-6H3/t18-,22+,23+,24-,26+,27-,29-,30-,31+,32+/m1/s1. The lowest BCUT2D eigenvalue weighted by atomic mass is 9.42. The van der Waals surface area contributed by atoms with E-state index in [2.05, 4.69) is 63.0 Å². The van der Waals surface area contributed by atoms with Crippen molar-refractivity contribution >= 4 is 10.9 Å². The fourth-order valence-electron chi connectivity index (χ4n) is 9.91. The number of rotatable bonds is 4. The predicted octanol–water partition coefficient (Wildman–Crippen LogP) is 4.97. The average Bonchev–Trinajstić information content (AvgIpc) is 3.73. The highest BCUT2D eigenvalue weighted by molar-refractivity contribution is 5.86. The molecule has 5 fully saturated rings. The van der Waals surface area contributed by atoms with Crippen LogP contribution in [0.25, 0.3) is 10.9 Å². The Bertz CT molecular complexity index is 1380. The van der Waals surface area contributed by atoms with Crippen LogP contribution in [0.1, 0.15) is 72.1 Å². The van der Waals surface area contributed by atoms with Crippen molar-refractivity contribution in [3.05, 3.63) is 47.2 Å². The van der Waals surface area contributed by atoms with Crippen molar-refractivity contribution in [3.63, 3.8) is 0 Å². The highest BCUT2D eigenvalue weighted by Gasteiger charge is 2.95. The van der Waals surface area contributed by atoms with E-state index in [1.54, 1.807) is 0 Å². The van der Waals surface area contributed by atoms with Crippen LogP contribution in [0, 0.1) is 11.3 Å². The molecule has 0 amide bonds. The largest absolute Gasteiger partial charge is 0.387 e. The number of aromatic nitrogens is 1. The maximum Gasteiger partial charge on any atom is 0.155 e. The molecular weight excluding hydrogens is 478 g/mol. The van der Waals surface area contributed by atoms with E-state index in [1.165, 1.54) is 27.7 Å². The number of aliphatic hydroxyl groups is 1. The number of aliphatic hydroxyl groups excluding tert-OH is 1. The maximum absolute atomic E-state index is 11.7. The fourth-order valence-corrected chi connectivity index (χ4v) is 9.91. The molecule has 38 heavy (non-hydrogen) atoms. The van der Waals surface area contributed by atoms with Crippen LogP contribution in [-0.2, 0) is 30.8 Å². The van der Waals surface area contributed by atoms with Crippen LogP contribution in [0.4, 0.5) is 0 Å². The molecule has 1 aromatic carbocycles. The van der Waals surface area contributed by atoms with E-state index in [1.807, 2.05) is 13.8 Å². The van der Waals surface area contributed by atoms with E-state index in [4.69, 9.17) is 18.9 Å². The zero-order valence-corrected chi connectivity index (χ0v) is 23.5. The van der Waals surface area contributed by atoms with Crippen LogP contribution < -0.4 is 0 Å². The summed E-state index contributed by atoms with van der Waals surface area (Å²) in [4.78, 5) is 3.87. The number of hydrogen-bond donors (Lipinski definition) is 2. The third-order valence-electron chi connectivity index (χ3n) is 12.0. The molecule has 2 saturated carbocycles. The fraction of sp³-hybridized carbons (Fsp3) is 0.688. The molecule has 2 N–H and O–H groups in total. The summed E-state index contributed by atoms with van der Waals surface area (Å²) in [6.45, 7) is 13.6. The van der Waals surface area contributed by atoms with Gasteiger partial charge >= 0.3 is 0 Å². The highest BCUT2D eigenvalue weighted by atomic mass is 16.7. The zero-order chi connectivity index (χ0) is 26.5. The number of allylic oxidation sites excluding steroid dienone is 1. The first-order valence-electron chi connectivity index (χ1n) is 14.6. The van der Waals surface area contributed by atoms with Gasteiger partial charge in [-0.25, -0.2) is 0 Å². The molecule has 10 atom stereocenters. The molecule has 3 saturated heterocycles. The lowest BCUT2D eigenvalue weighted by Crippen LogP contribution is -2.73. The molecule has 0 unspecified atom stereocenters. The SMILES string of the molecule is CC(C)=CCOC(C)(C)[C@H]1O[C@H]2CC[C@@]3(C)[C@]4(O[C@H]4C[C@H]4Cc5c([nH]c6ccccc56)[C@@]43C)[C@]23O[C@@H]3[C@@H]1O. The molecule has 0 radical (unpaired) electrons. The minimum Gasteiger partial charge on any atom is -0.387 e. The van der Waals surface area contributed by atoms with Gasteiger partial charge in [-0.05, 0) is 70.9 Å². The van der Waals surface area contributed by atoms with Gasteiger partial charge in [-0.15, -0.1) is 0 Å². The van der Waals surface area contributed by atoms with Crippen LogP contribution >= 0.6 is 0 Å². The molecular formula is C32H41NO5. The van der Waals surface area contributed by atoms with Crippen LogP contribution in [0.3, 0.4) is 0 Å². The number of epoxide rings is 2. The van der Waals surface area contributed by atoms with E-state index in [-0.39, 0.29) is 29.1 Å². The lowest BCUT2D eigenvalue weighted by molar-refractivity contribution is -0.232. The number of H-pyrrole nitrogens is 1. The van der Waals surface area contributed by atoms with Gasteiger partial charge in [-0.3, -0.25) is 0 Å². The van der Waals surface area contributed by atoms with Gasteiger partial charge in [0.15, 0.2) is 5.60 Å². The Balaban J connectivity index is 1.16. The van der Waals surface area contributed by atoms with Crippen LogP contribution in [0.2, 0.25) is 0 Å². The van der Waals surface area contributed by atoms with Gasteiger partial charge in [-0.2, -0.15) is 0 Å². The molecule has 0 bridgehead atoms. The van der Waals surface area contributed by atoms with Crippen molar-refractivity contribution in [2.24, 2.45) is 11.3 Å². The molecule has 1 aromatic heterocycles. The Morgan fingerprint density at radius 2 is 1.97 bits per heavy atom. The Morgan fingerprint density at radius 3 is 2.76 bits per heavy atom. The number of nitrogens with one attached hydrogen (secondary N) is 1. The van der Waals surface area contributed by atoms with E-state index in [0.29, 0.717) is 12.5 Å². The summed E-state index contributed by atoms with van der Waals surface area (Å²) in [6.07, 6.45) is 4.67. The molecule has 8 rings (SSSR count). The molecule has 3 aliphatic heterocycles. The first-order chi connectivity index (χ1) is 18.0. The van der Waals surface area contributed by atoms with E-state index in [0.717, 1.165) is 25.7 Å². The number of aromatic amines is 1. The van der Waals surface area contributed by atoms with Gasteiger partial charge in [0.1, 0.15) is 23.9 Å². The zero-order valence-electron chi connectivity index (χ0n) is 23.5. The van der Waals surface area contributed by atoms with Crippen LogP contribution in [-0.4, -0.2) is 64.0 Å². The molecule has 6 heteroatoms. The van der Waals surface area contributed by atoms with Crippen molar-refractivity contribution in [2.45, 2.75) is 120 Å². The molecule has 2 spiro atoms. The summed E-state index contributed by atoms with van der Waals surface area (Å²) < 4.78 is 26.6. The first-order valence-corrected chi connectivity index (χ1v) is 14.6. The Labute approximate surface area is 225 Å². The van der Waals surface area contributed by atoms with Crippen LogP contribution in [0.5, 0.6) is 0 Å². The van der Waals surface area contributed by atoms with Gasteiger partial charge < -0.3 is 29.0 Å². The highest BCUT2D eigenvalue weighted by Crippen LogP contribution is 2.81. The smallest absolute Gasteiger partial charge is 0.155 e. The molecule has 6 nitrogen and oxygen atoms in total. The van der Waals surface area contributed by atoms with E-state index < -0.39 is 29.0 Å². The summed E-state index contributed by atoms with van der Waals surface area (Å²) >= 11 is 0. The summed E-state index contributed by atoms with van der Waals surface area (Å²) in [5, 5.41) is 13.0. The summed E-state index contributed by atoms with van der Waals surface area (Å²) in [5.41, 5.74) is 3.50. The summed E-state index contributed by atoms with van der Waals surface area (Å²) in [5.74, 6) is 0.536. The second-order valence-corrected chi connectivity index (χ2v) is 14.1. The van der Waals surface area contributed by atoms with Crippen molar-refractivity contribution in [1.29, 1.82) is 0 Å². The number of para-hydroxylation sites is 1. The predicted molar refractivity (Wildman–Crippen MR) is 144 cm³/mol. The van der Waals surface area contributed by atoms with Crippen molar-refractivity contribution in [2.75, 3.05) is 6.61 Å². The first kappa shape index (κ1) is 24.1. The van der Waals surface area contributed by atoms with Crippen molar-refractivity contribution in [1.82, 2.24) is 4.98 Å². The number of ether oxygens (including phenoxy) is 4. The van der Waals surface area contributed by atoms with Gasteiger partial charge in [0.2, 0.25) is 0 Å². The normalized spacial score (nSPS) is 47.8. The molecule has 204 valence electrons. The number of hydrogen-bond acceptors (Lipinski definition) is 5. The second-order valence-electron chi connectivity index (χ2n) is 14.1. The number of benzene rings is 1. The quantitative estimate of drug-likeness (QED) is 0.441. The van der Waals surface area contributed by atoms with Crippen LogP contribution in [0.15, 0.2) is 35.9 Å². The maximum atomic E-state index is 11.7. The van der Waals surface area contributed by atoms with Gasteiger partial charge in [0.25, 0.3) is 0 Å². The monoisotopic (exact) mass is 519 g/mol. The molecule has 4 heterocycles. The molecule has 3 aliphatic carbocycles. The summed E-state index contributed by atoms with van der Waals surface area (Å²) in [6, 6.07) is 8.74. The second kappa shape index (κ2) is 7.13. The topological polar surface area (TPSA) is 79.5 Å². The third-order valence-corrected chi connectivity index (χ3v) is 12.0. The molecule has 2 aromatic rings. The van der Waals surface area contributed by atoms with Crippen molar-refractivity contribution in [3.8, 4) is 0 Å². The minimum absolute atomic E-state index is 0.0564. The van der Waals surface area contributed by atoms with Crippen molar-refractivity contribution < 1.29 is 24.1 Å². The Hall–Kier alpha value is -1.70. The lowest BCUT2D eigenvalue weighted by Gasteiger charge is -2.60. The average molecular weight is 520 g/mol. The Morgan fingerprint density at radius 1 is 1.18 bits per heavy atom. The number of fused-ring (bicyclic) bond motifs is 6. The van der Waals surface area contributed by atoms with E-state index in [9.17, 15) is 5.11 Å². The van der Waals surface area contributed by atoms with E-state index >= 15 is 0 Å². The minimum atomic E-state index is -0.757. The molecule has 6 aliphatic rings. The van der Waals surface area contributed by atoms with Gasteiger partial charge in [-0.1, -0.05) is 43.7 Å². The van der Waals surface area contributed by atoms with Gasteiger partial charge in [0, 0.05) is 27.4 Å². The summed E-state index contributed by atoms with van der Waals surface area (Å²) in [7, 11) is 0.